The van der Waals surface area contributed by atoms with Crippen LogP contribution in [0.15, 0.2) is 0 Å². The Labute approximate surface area is 102 Å². The summed E-state index contributed by atoms with van der Waals surface area (Å²) in [6.45, 7) is 5.26. The van der Waals surface area contributed by atoms with E-state index in [-0.39, 0.29) is 24.7 Å². The molecule has 0 atom stereocenters. The second-order valence-corrected chi connectivity index (χ2v) is 2.51. The largest absolute Gasteiger partial charge is 2.00 e. The van der Waals surface area contributed by atoms with E-state index in [1.165, 1.54) is 0 Å². The van der Waals surface area contributed by atoms with Crippen LogP contribution in [0.1, 0.15) is 13.8 Å². The fourth-order valence-corrected chi connectivity index (χ4v) is 0.740. The van der Waals surface area contributed by atoms with Gasteiger partial charge in [-0.15, -0.1) is 0 Å². The van der Waals surface area contributed by atoms with Crippen molar-refractivity contribution in [2.24, 2.45) is 5.73 Å². The summed E-state index contributed by atoms with van der Waals surface area (Å²) in [5.41, 5.74) is 4.29. The van der Waals surface area contributed by atoms with E-state index in [2.05, 4.69) is 31.0 Å². The standard InChI is InChI=1S/C5H11NOS.CH3NOS.Zn/c1-3-6(4-2)5(7)8;2-1(3)4;/h3-4H2,1-2H3,(H,7,8);(H3,2,3,4);/q;;+2/p-2. The number of hydrogen-bond acceptors (Lipinski definition) is 4. The van der Waals surface area contributed by atoms with E-state index >= 15 is 0 Å². The molecule has 0 aromatic rings. The van der Waals surface area contributed by atoms with Crippen molar-refractivity contribution in [3.63, 3.8) is 0 Å². The maximum absolute atomic E-state index is 10.3. The average molecular weight is 274 g/mol. The smallest absolute Gasteiger partial charge is 0.719 e. The minimum Gasteiger partial charge on any atom is -0.719 e. The number of primary amides is 1. The van der Waals surface area contributed by atoms with Crippen molar-refractivity contribution in [2.45, 2.75) is 13.8 Å². The van der Waals surface area contributed by atoms with Gasteiger partial charge in [-0.1, -0.05) is 0 Å². The topological polar surface area (TPSA) is 63.4 Å². The van der Waals surface area contributed by atoms with Gasteiger partial charge in [0.25, 0.3) is 0 Å². The number of rotatable bonds is 2. The zero-order chi connectivity index (χ0) is 10.1. The predicted molar refractivity (Wildman–Crippen MR) is 52.6 cm³/mol. The predicted octanol–water partition coefficient (Wildman–Crippen LogP) is 0.605. The third-order valence-electron chi connectivity index (χ3n) is 1.02. The van der Waals surface area contributed by atoms with Gasteiger partial charge in [0.2, 0.25) is 0 Å². The van der Waals surface area contributed by atoms with Crippen LogP contribution in [-0.4, -0.2) is 28.5 Å². The van der Waals surface area contributed by atoms with Crippen LogP contribution in [0.2, 0.25) is 0 Å². The van der Waals surface area contributed by atoms with Crippen LogP contribution in [0.3, 0.4) is 0 Å². The molecule has 0 aromatic carbocycles. The molecule has 0 spiro atoms. The fourth-order valence-electron chi connectivity index (χ4n) is 0.482. The van der Waals surface area contributed by atoms with Crippen LogP contribution < -0.4 is 5.73 Å². The first-order chi connectivity index (χ1) is 5.45. The number of carbonyl (C=O) groups is 2. The number of nitrogens with two attached hydrogens (primary N) is 1. The van der Waals surface area contributed by atoms with Gasteiger partial charge in [0.05, 0.1) is 5.24 Å². The summed E-state index contributed by atoms with van der Waals surface area (Å²) in [4.78, 5) is 21.0. The number of amides is 2. The quantitative estimate of drug-likeness (QED) is 0.591. The van der Waals surface area contributed by atoms with E-state index in [4.69, 9.17) is 4.79 Å². The summed E-state index contributed by atoms with van der Waals surface area (Å²) in [5.74, 6) is 0. The summed E-state index contributed by atoms with van der Waals surface area (Å²) >= 11 is 8.14. The molecule has 0 aliphatic carbocycles. The van der Waals surface area contributed by atoms with Gasteiger partial charge in [0.15, 0.2) is 0 Å². The van der Waals surface area contributed by atoms with Gasteiger partial charge in [0.1, 0.15) is 5.24 Å². The second-order valence-electron chi connectivity index (χ2n) is 1.76. The van der Waals surface area contributed by atoms with E-state index in [1.54, 1.807) is 4.90 Å². The zero-order valence-corrected chi connectivity index (χ0v) is 12.4. The Morgan fingerprint density at radius 2 is 1.46 bits per heavy atom. The summed E-state index contributed by atoms with van der Waals surface area (Å²) in [5, 5.41) is -1.00. The van der Waals surface area contributed by atoms with Crippen molar-refractivity contribution in [1.29, 1.82) is 0 Å². The average Bonchev–Trinajstić information content (AvgIpc) is 1.87. The summed E-state index contributed by atoms with van der Waals surface area (Å²) in [6.07, 6.45) is 0. The van der Waals surface area contributed by atoms with Crippen LogP contribution >= 0.6 is 0 Å². The SMILES string of the molecule is CCN(CC)C(=O)[S-].NC(=O)[S-].[Zn+2]. The molecule has 4 nitrogen and oxygen atoms in total. The summed E-state index contributed by atoms with van der Waals surface area (Å²) < 4.78 is 0. The van der Waals surface area contributed by atoms with E-state index in [0.717, 1.165) is 13.1 Å². The number of carbonyl (C=O) groups excluding carboxylic acids is 2. The van der Waals surface area contributed by atoms with Gasteiger partial charge in [-0.2, -0.15) is 0 Å². The summed E-state index contributed by atoms with van der Waals surface area (Å²) in [7, 11) is 0. The monoisotopic (exact) mass is 272 g/mol. The number of hydrogen-bond donors (Lipinski definition) is 1. The molecule has 0 rings (SSSR count). The van der Waals surface area contributed by atoms with E-state index in [1.807, 2.05) is 13.8 Å². The molecule has 0 radical (unpaired) electrons. The summed E-state index contributed by atoms with van der Waals surface area (Å²) in [6, 6.07) is 0. The van der Waals surface area contributed by atoms with Crippen molar-refractivity contribution < 1.29 is 29.1 Å². The maximum atomic E-state index is 10.3. The molecule has 13 heavy (non-hydrogen) atoms. The molecular weight excluding hydrogens is 262 g/mol. The Morgan fingerprint density at radius 1 is 1.23 bits per heavy atom. The molecule has 0 aromatic heterocycles. The van der Waals surface area contributed by atoms with Gasteiger partial charge < -0.3 is 45.5 Å². The zero-order valence-electron chi connectivity index (χ0n) is 7.78. The second kappa shape index (κ2) is 12.0. The maximum Gasteiger partial charge on any atom is 2.00 e. The molecule has 0 saturated carbocycles. The fraction of sp³-hybridized carbons (Fsp3) is 0.667. The molecule has 72 valence electrons. The Hall–Kier alpha value is 0.00338. The Morgan fingerprint density at radius 3 is 1.46 bits per heavy atom. The third kappa shape index (κ3) is 18.8. The van der Waals surface area contributed by atoms with Crippen LogP contribution in [0, 0.1) is 0 Å². The van der Waals surface area contributed by atoms with Gasteiger partial charge >= 0.3 is 19.5 Å². The molecule has 0 unspecified atom stereocenters. The van der Waals surface area contributed by atoms with Gasteiger partial charge in [0, 0.05) is 13.1 Å². The molecule has 7 heteroatoms. The van der Waals surface area contributed by atoms with Crippen molar-refractivity contribution in [3.05, 3.63) is 0 Å². The molecule has 0 heterocycles. The van der Waals surface area contributed by atoms with Gasteiger partial charge in [-0.25, -0.2) is 0 Å². The van der Waals surface area contributed by atoms with Crippen LogP contribution in [0.5, 0.6) is 0 Å². The van der Waals surface area contributed by atoms with Crippen molar-refractivity contribution in [1.82, 2.24) is 4.90 Å². The van der Waals surface area contributed by atoms with Crippen molar-refractivity contribution in [2.75, 3.05) is 13.1 Å². The molecule has 2 N–H and O–H groups in total. The molecule has 0 aliphatic heterocycles. The van der Waals surface area contributed by atoms with Gasteiger partial charge in [-0.05, 0) is 13.8 Å². The Kier molecular flexibility index (Phi) is 17.3. The van der Waals surface area contributed by atoms with Crippen LogP contribution in [0.4, 0.5) is 9.59 Å². The van der Waals surface area contributed by atoms with Crippen molar-refractivity contribution in [3.8, 4) is 0 Å². The minimum absolute atomic E-state index is 0. The van der Waals surface area contributed by atoms with Crippen molar-refractivity contribution >= 4 is 35.7 Å². The van der Waals surface area contributed by atoms with E-state index in [0.29, 0.717) is 0 Å². The Bertz CT molecular complexity index is 150. The normalized spacial score (nSPS) is 7.23. The molecule has 2 amide bonds. The molecule has 0 aliphatic rings. The van der Waals surface area contributed by atoms with E-state index < -0.39 is 5.24 Å². The van der Waals surface area contributed by atoms with Crippen LogP contribution in [0.25, 0.3) is 0 Å². The molecular formula is C6H12N2O2S2Zn. The minimum atomic E-state index is -0.750. The Balaban J connectivity index is -0.000000173. The van der Waals surface area contributed by atoms with Crippen LogP contribution in [-0.2, 0) is 44.7 Å². The third-order valence-corrected chi connectivity index (χ3v) is 1.28. The van der Waals surface area contributed by atoms with E-state index in [9.17, 15) is 4.79 Å². The molecule has 0 fully saturated rings. The van der Waals surface area contributed by atoms with Gasteiger partial charge in [-0.3, -0.25) is 0 Å². The first kappa shape index (κ1) is 18.7. The molecule has 0 saturated heterocycles. The number of nitrogens with zero attached hydrogens (tertiary/aromatic N) is 1. The first-order valence-corrected chi connectivity index (χ1v) is 4.19. The first-order valence-electron chi connectivity index (χ1n) is 3.38. The molecule has 0 bridgehead atoms.